The van der Waals surface area contributed by atoms with E-state index in [4.69, 9.17) is 9.47 Å². The van der Waals surface area contributed by atoms with Gasteiger partial charge in [0.05, 0.1) is 13.7 Å². The van der Waals surface area contributed by atoms with Crippen LogP contribution in [-0.2, 0) is 11.2 Å². The number of nitrogens with one attached hydrogen (secondary N) is 1. The summed E-state index contributed by atoms with van der Waals surface area (Å²) in [6.45, 7) is 2.74. The first-order valence-electron chi connectivity index (χ1n) is 6.13. The Balaban J connectivity index is 2.11. The molecule has 0 aliphatic carbocycles. The highest BCUT2D eigenvalue weighted by Gasteiger charge is 2.34. The van der Waals surface area contributed by atoms with Gasteiger partial charge in [-0.25, -0.2) is 0 Å². The molecule has 1 aliphatic rings. The first kappa shape index (κ1) is 12.4. The van der Waals surface area contributed by atoms with Crippen LogP contribution in [0.3, 0.4) is 0 Å². The molecule has 1 N–H and O–H groups in total. The van der Waals surface area contributed by atoms with Crippen molar-refractivity contribution in [3.05, 3.63) is 29.8 Å². The molecule has 0 aromatic heterocycles. The molecular weight excluding hydrogens is 214 g/mol. The van der Waals surface area contributed by atoms with Crippen LogP contribution < -0.4 is 10.1 Å². The van der Waals surface area contributed by atoms with E-state index in [-0.39, 0.29) is 5.41 Å². The SMILES string of the molecule is CNCC1(Cc2cccc(OC)c2)CCOC1. The molecule has 1 unspecified atom stereocenters. The van der Waals surface area contributed by atoms with Gasteiger partial charge in [-0.1, -0.05) is 12.1 Å². The van der Waals surface area contributed by atoms with Crippen LogP contribution in [-0.4, -0.2) is 33.9 Å². The zero-order valence-corrected chi connectivity index (χ0v) is 10.7. The smallest absolute Gasteiger partial charge is 0.119 e. The van der Waals surface area contributed by atoms with Crippen molar-refractivity contribution < 1.29 is 9.47 Å². The highest BCUT2D eigenvalue weighted by Crippen LogP contribution is 2.32. The lowest BCUT2D eigenvalue weighted by molar-refractivity contribution is 0.150. The van der Waals surface area contributed by atoms with Crippen molar-refractivity contribution in [3.8, 4) is 5.75 Å². The molecule has 1 saturated heterocycles. The Kier molecular flexibility index (Phi) is 4.02. The lowest BCUT2D eigenvalue weighted by Crippen LogP contribution is -2.35. The third-order valence-corrected chi connectivity index (χ3v) is 3.45. The zero-order valence-electron chi connectivity index (χ0n) is 10.7. The van der Waals surface area contributed by atoms with E-state index >= 15 is 0 Å². The van der Waals surface area contributed by atoms with Crippen LogP contribution in [0.15, 0.2) is 24.3 Å². The number of hydrogen-bond acceptors (Lipinski definition) is 3. The molecule has 3 heteroatoms. The van der Waals surface area contributed by atoms with E-state index in [2.05, 4.69) is 23.5 Å². The molecule has 0 spiro atoms. The summed E-state index contributed by atoms with van der Waals surface area (Å²) in [6.07, 6.45) is 2.18. The Morgan fingerprint density at radius 3 is 3.00 bits per heavy atom. The van der Waals surface area contributed by atoms with Gasteiger partial charge in [-0.2, -0.15) is 0 Å². The van der Waals surface area contributed by atoms with E-state index in [1.165, 1.54) is 5.56 Å². The minimum Gasteiger partial charge on any atom is -0.497 e. The molecule has 1 fully saturated rings. The molecule has 94 valence electrons. The predicted octanol–water partition coefficient (Wildman–Crippen LogP) is 1.86. The van der Waals surface area contributed by atoms with Gasteiger partial charge in [0.1, 0.15) is 5.75 Å². The first-order chi connectivity index (χ1) is 8.28. The molecule has 1 heterocycles. The van der Waals surface area contributed by atoms with Gasteiger partial charge in [-0.15, -0.1) is 0 Å². The normalized spacial score (nSPS) is 23.9. The molecule has 2 rings (SSSR count). The second-order valence-electron chi connectivity index (χ2n) is 4.86. The highest BCUT2D eigenvalue weighted by molar-refractivity contribution is 5.29. The van der Waals surface area contributed by atoms with Crippen LogP contribution in [0.2, 0.25) is 0 Å². The summed E-state index contributed by atoms with van der Waals surface area (Å²) in [5, 5.41) is 3.29. The van der Waals surface area contributed by atoms with Crippen molar-refractivity contribution in [3.63, 3.8) is 0 Å². The van der Waals surface area contributed by atoms with Gasteiger partial charge in [0, 0.05) is 18.6 Å². The Morgan fingerprint density at radius 2 is 2.35 bits per heavy atom. The third kappa shape index (κ3) is 2.99. The quantitative estimate of drug-likeness (QED) is 0.845. The van der Waals surface area contributed by atoms with Gasteiger partial charge in [0.2, 0.25) is 0 Å². The number of rotatable bonds is 5. The largest absolute Gasteiger partial charge is 0.497 e. The Labute approximate surface area is 103 Å². The van der Waals surface area contributed by atoms with Crippen molar-refractivity contribution in [2.24, 2.45) is 5.41 Å². The minimum atomic E-state index is 0.251. The Hall–Kier alpha value is -1.06. The summed E-state index contributed by atoms with van der Waals surface area (Å²) in [5.74, 6) is 0.932. The predicted molar refractivity (Wildman–Crippen MR) is 68.5 cm³/mol. The number of hydrogen-bond donors (Lipinski definition) is 1. The molecule has 1 aromatic carbocycles. The van der Waals surface area contributed by atoms with Gasteiger partial charge in [-0.3, -0.25) is 0 Å². The maximum atomic E-state index is 5.57. The molecule has 1 aliphatic heterocycles. The van der Waals surface area contributed by atoms with Crippen LogP contribution in [0, 0.1) is 5.41 Å². The Bertz CT molecular complexity index is 359. The fraction of sp³-hybridized carbons (Fsp3) is 0.571. The van der Waals surface area contributed by atoms with Gasteiger partial charge in [-0.05, 0) is 37.6 Å². The van der Waals surface area contributed by atoms with Crippen LogP contribution in [0.5, 0.6) is 5.75 Å². The number of benzene rings is 1. The van der Waals surface area contributed by atoms with Gasteiger partial charge in [0.15, 0.2) is 0 Å². The van der Waals surface area contributed by atoms with Crippen molar-refractivity contribution in [2.75, 3.05) is 33.9 Å². The van der Waals surface area contributed by atoms with Crippen LogP contribution in [0.25, 0.3) is 0 Å². The van der Waals surface area contributed by atoms with Gasteiger partial charge in [0.25, 0.3) is 0 Å². The summed E-state index contributed by atoms with van der Waals surface area (Å²) >= 11 is 0. The average molecular weight is 235 g/mol. The maximum absolute atomic E-state index is 5.57. The highest BCUT2D eigenvalue weighted by atomic mass is 16.5. The van der Waals surface area contributed by atoms with E-state index < -0.39 is 0 Å². The van der Waals surface area contributed by atoms with E-state index in [0.717, 1.165) is 38.3 Å². The lowest BCUT2D eigenvalue weighted by atomic mass is 9.81. The fourth-order valence-electron chi connectivity index (χ4n) is 2.58. The molecular formula is C14H21NO2. The molecule has 1 atom stereocenters. The van der Waals surface area contributed by atoms with Crippen LogP contribution >= 0.6 is 0 Å². The second kappa shape index (κ2) is 5.52. The topological polar surface area (TPSA) is 30.5 Å². The summed E-state index contributed by atoms with van der Waals surface area (Å²) in [4.78, 5) is 0. The summed E-state index contributed by atoms with van der Waals surface area (Å²) in [5.41, 5.74) is 1.58. The minimum absolute atomic E-state index is 0.251. The monoisotopic (exact) mass is 235 g/mol. The number of methoxy groups -OCH3 is 1. The van der Waals surface area contributed by atoms with Crippen LogP contribution in [0.4, 0.5) is 0 Å². The molecule has 0 saturated carbocycles. The summed E-state index contributed by atoms with van der Waals surface area (Å²) in [6, 6.07) is 8.32. The summed E-state index contributed by atoms with van der Waals surface area (Å²) < 4.78 is 10.8. The first-order valence-corrected chi connectivity index (χ1v) is 6.13. The van der Waals surface area contributed by atoms with E-state index in [1.807, 2.05) is 13.1 Å². The fourth-order valence-corrected chi connectivity index (χ4v) is 2.58. The van der Waals surface area contributed by atoms with E-state index in [0.29, 0.717) is 0 Å². The van der Waals surface area contributed by atoms with Gasteiger partial charge < -0.3 is 14.8 Å². The Morgan fingerprint density at radius 1 is 1.47 bits per heavy atom. The van der Waals surface area contributed by atoms with Crippen LogP contribution in [0.1, 0.15) is 12.0 Å². The van der Waals surface area contributed by atoms with E-state index in [9.17, 15) is 0 Å². The molecule has 0 radical (unpaired) electrons. The molecule has 0 bridgehead atoms. The number of ether oxygens (including phenoxy) is 2. The van der Waals surface area contributed by atoms with Crippen molar-refractivity contribution >= 4 is 0 Å². The summed E-state index contributed by atoms with van der Waals surface area (Å²) in [7, 11) is 3.72. The lowest BCUT2D eigenvalue weighted by Gasteiger charge is -2.27. The zero-order chi connectivity index (χ0) is 12.1. The second-order valence-corrected chi connectivity index (χ2v) is 4.86. The molecule has 17 heavy (non-hydrogen) atoms. The third-order valence-electron chi connectivity index (χ3n) is 3.45. The maximum Gasteiger partial charge on any atom is 0.119 e. The van der Waals surface area contributed by atoms with Crippen molar-refractivity contribution in [1.29, 1.82) is 0 Å². The van der Waals surface area contributed by atoms with Crippen molar-refractivity contribution in [2.45, 2.75) is 12.8 Å². The molecule has 1 aromatic rings. The average Bonchev–Trinajstić information content (AvgIpc) is 2.78. The molecule has 0 amide bonds. The standard InChI is InChI=1S/C14H21NO2/c1-15-10-14(6-7-17-11-14)9-12-4-3-5-13(8-12)16-2/h3-5,8,15H,6-7,9-11H2,1-2H3. The van der Waals surface area contributed by atoms with Gasteiger partial charge >= 0.3 is 0 Å². The van der Waals surface area contributed by atoms with Crippen molar-refractivity contribution in [1.82, 2.24) is 5.32 Å². The molecule has 3 nitrogen and oxygen atoms in total. The van der Waals surface area contributed by atoms with E-state index in [1.54, 1.807) is 7.11 Å².